The van der Waals surface area contributed by atoms with Crippen molar-refractivity contribution in [2.24, 2.45) is 0 Å². The van der Waals surface area contributed by atoms with Crippen LogP contribution in [-0.2, 0) is 4.79 Å². The summed E-state index contributed by atoms with van der Waals surface area (Å²) in [6.45, 7) is 5.15. The minimum absolute atomic E-state index is 0.0403. The number of benzene rings is 1. The van der Waals surface area contributed by atoms with Gasteiger partial charge in [-0.1, -0.05) is 18.2 Å². The van der Waals surface area contributed by atoms with E-state index in [1.165, 1.54) is 0 Å². The molecule has 1 aliphatic heterocycles. The molecule has 0 spiro atoms. The number of aromatic nitrogens is 3. The number of rotatable bonds is 4. The number of nitrogens with one attached hydrogen (secondary N) is 1. The van der Waals surface area contributed by atoms with E-state index in [1.807, 2.05) is 42.2 Å². The van der Waals surface area contributed by atoms with Gasteiger partial charge in [0.1, 0.15) is 11.6 Å². The van der Waals surface area contributed by atoms with Crippen molar-refractivity contribution in [1.82, 2.24) is 20.1 Å². The lowest BCUT2D eigenvalue weighted by Crippen LogP contribution is -2.44. The van der Waals surface area contributed by atoms with Gasteiger partial charge in [0, 0.05) is 19.0 Å². The fraction of sp³-hybridized carbons (Fsp3) is 0.471. The van der Waals surface area contributed by atoms with Gasteiger partial charge in [0.2, 0.25) is 0 Å². The molecule has 0 saturated carbocycles. The highest BCUT2D eigenvalue weighted by Gasteiger charge is 2.29. The fourth-order valence-electron chi connectivity index (χ4n) is 2.91. The number of carbonyl (C=O) groups excluding carboxylic acids is 1. The largest absolute Gasteiger partial charge is 0.481 e. The van der Waals surface area contributed by atoms with Crippen LogP contribution in [0.2, 0.25) is 0 Å². The summed E-state index contributed by atoms with van der Waals surface area (Å²) in [6.07, 6.45) is 1.31. The SMILES string of the molecule is Cc1nc(C2CCN(C(=O)C(C)Oc3ccccc3)CC2)n[nH]1. The van der Waals surface area contributed by atoms with Gasteiger partial charge in [0.15, 0.2) is 11.9 Å². The molecule has 6 heteroatoms. The zero-order chi connectivity index (χ0) is 16.2. The van der Waals surface area contributed by atoms with Crippen LogP contribution in [0.4, 0.5) is 0 Å². The Hall–Kier alpha value is -2.37. The Labute approximate surface area is 135 Å². The molecule has 1 aromatic heterocycles. The molecule has 1 amide bonds. The van der Waals surface area contributed by atoms with Crippen molar-refractivity contribution < 1.29 is 9.53 Å². The van der Waals surface area contributed by atoms with Crippen LogP contribution >= 0.6 is 0 Å². The number of carbonyl (C=O) groups is 1. The quantitative estimate of drug-likeness (QED) is 0.940. The summed E-state index contributed by atoms with van der Waals surface area (Å²) in [5.74, 6) is 2.79. The zero-order valence-corrected chi connectivity index (χ0v) is 13.5. The number of para-hydroxylation sites is 1. The van der Waals surface area contributed by atoms with Gasteiger partial charge < -0.3 is 9.64 Å². The van der Waals surface area contributed by atoms with E-state index in [0.717, 1.165) is 43.3 Å². The Morgan fingerprint density at radius 2 is 2.00 bits per heavy atom. The first kappa shape index (κ1) is 15.5. The van der Waals surface area contributed by atoms with Crippen molar-refractivity contribution in [2.45, 2.75) is 38.7 Å². The van der Waals surface area contributed by atoms with Crippen LogP contribution in [0, 0.1) is 6.92 Å². The maximum atomic E-state index is 12.5. The Kier molecular flexibility index (Phi) is 4.60. The standard InChI is InChI=1S/C17H22N4O2/c1-12(23-15-6-4-3-5-7-15)17(22)21-10-8-14(9-11-21)16-18-13(2)19-20-16/h3-7,12,14H,8-11H2,1-2H3,(H,18,19,20). The number of aromatic amines is 1. The van der Waals surface area contributed by atoms with E-state index < -0.39 is 6.10 Å². The van der Waals surface area contributed by atoms with Crippen LogP contribution in [0.25, 0.3) is 0 Å². The molecule has 2 heterocycles. The van der Waals surface area contributed by atoms with Crippen LogP contribution in [-0.4, -0.2) is 45.2 Å². The first-order valence-electron chi connectivity index (χ1n) is 8.03. The maximum absolute atomic E-state index is 12.5. The third-order valence-corrected chi connectivity index (χ3v) is 4.19. The molecule has 122 valence electrons. The van der Waals surface area contributed by atoms with E-state index in [2.05, 4.69) is 15.2 Å². The number of hydrogen-bond acceptors (Lipinski definition) is 4. The van der Waals surface area contributed by atoms with Crippen LogP contribution in [0.3, 0.4) is 0 Å². The summed E-state index contributed by atoms with van der Waals surface area (Å²) in [5, 5.41) is 7.12. The number of nitrogens with zero attached hydrogens (tertiary/aromatic N) is 3. The van der Waals surface area contributed by atoms with E-state index in [0.29, 0.717) is 5.92 Å². The van der Waals surface area contributed by atoms with E-state index in [1.54, 1.807) is 6.92 Å². The fourth-order valence-corrected chi connectivity index (χ4v) is 2.91. The second-order valence-electron chi connectivity index (χ2n) is 5.95. The molecule has 1 unspecified atom stereocenters. The van der Waals surface area contributed by atoms with E-state index in [9.17, 15) is 4.79 Å². The Bertz CT molecular complexity index is 648. The molecule has 3 rings (SSSR count). The van der Waals surface area contributed by atoms with Crippen molar-refractivity contribution >= 4 is 5.91 Å². The lowest BCUT2D eigenvalue weighted by atomic mass is 9.96. The molecule has 0 radical (unpaired) electrons. The molecule has 2 aromatic rings. The predicted octanol–water partition coefficient (Wildman–Crippen LogP) is 2.29. The average Bonchev–Trinajstić information content (AvgIpc) is 3.02. The Balaban J connectivity index is 1.53. The Morgan fingerprint density at radius 3 is 2.61 bits per heavy atom. The first-order chi connectivity index (χ1) is 11.1. The van der Waals surface area contributed by atoms with Crippen LogP contribution in [0.5, 0.6) is 5.75 Å². The summed E-state index contributed by atoms with van der Waals surface area (Å²) in [4.78, 5) is 18.8. The summed E-state index contributed by atoms with van der Waals surface area (Å²) in [7, 11) is 0. The van der Waals surface area contributed by atoms with Crippen LogP contribution in [0.15, 0.2) is 30.3 Å². The van der Waals surface area contributed by atoms with Crippen molar-refractivity contribution in [1.29, 1.82) is 0 Å². The van der Waals surface area contributed by atoms with E-state index in [-0.39, 0.29) is 5.91 Å². The number of H-pyrrole nitrogens is 1. The van der Waals surface area contributed by atoms with Gasteiger partial charge in [-0.3, -0.25) is 9.89 Å². The normalized spacial score (nSPS) is 17.0. The summed E-state index contributed by atoms with van der Waals surface area (Å²) in [6, 6.07) is 9.45. The molecule has 1 saturated heterocycles. The van der Waals surface area contributed by atoms with E-state index >= 15 is 0 Å². The Morgan fingerprint density at radius 1 is 1.30 bits per heavy atom. The molecule has 0 bridgehead atoms. The van der Waals surface area contributed by atoms with Gasteiger partial charge in [0.05, 0.1) is 0 Å². The van der Waals surface area contributed by atoms with Crippen LogP contribution in [0.1, 0.15) is 37.3 Å². The van der Waals surface area contributed by atoms with Gasteiger partial charge in [-0.2, -0.15) is 5.10 Å². The molecule has 6 nitrogen and oxygen atoms in total. The third-order valence-electron chi connectivity index (χ3n) is 4.19. The lowest BCUT2D eigenvalue weighted by Gasteiger charge is -2.32. The summed E-state index contributed by atoms with van der Waals surface area (Å²) < 4.78 is 5.72. The van der Waals surface area contributed by atoms with Crippen molar-refractivity contribution in [3.63, 3.8) is 0 Å². The molecular formula is C17H22N4O2. The van der Waals surface area contributed by atoms with E-state index in [4.69, 9.17) is 4.74 Å². The number of ether oxygens (including phenoxy) is 1. The number of piperidine rings is 1. The first-order valence-corrected chi connectivity index (χ1v) is 8.03. The molecule has 1 fully saturated rings. The smallest absolute Gasteiger partial charge is 0.263 e. The van der Waals surface area contributed by atoms with Crippen molar-refractivity contribution in [2.75, 3.05) is 13.1 Å². The molecule has 0 aliphatic carbocycles. The van der Waals surface area contributed by atoms with Crippen molar-refractivity contribution in [3.8, 4) is 5.75 Å². The van der Waals surface area contributed by atoms with Gasteiger partial charge in [0.25, 0.3) is 5.91 Å². The van der Waals surface area contributed by atoms with Gasteiger partial charge in [-0.25, -0.2) is 4.98 Å². The zero-order valence-electron chi connectivity index (χ0n) is 13.5. The maximum Gasteiger partial charge on any atom is 0.263 e. The molecule has 1 atom stereocenters. The number of amides is 1. The van der Waals surface area contributed by atoms with Gasteiger partial charge in [-0.15, -0.1) is 0 Å². The molecular weight excluding hydrogens is 292 g/mol. The highest BCUT2D eigenvalue weighted by atomic mass is 16.5. The van der Waals surface area contributed by atoms with Gasteiger partial charge in [-0.05, 0) is 38.8 Å². The lowest BCUT2D eigenvalue weighted by molar-refractivity contribution is -0.139. The van der Waals surface area contributed by atoms with Crippen molar-refractivity contribution in [3.05, 3.63) is 42.0 Å². The van der Waals surface area contributed by atoms with Crippen LogP contribution < -0.4 is 4.74 Å². The second-order valence-corrected chi connectivity index (χ2v) is 5.95. The monoisotopic (exact) mass is 314 g/mol. The number of likely N-dealkylation sites (tertiary alicyclic amines) is 1. The van der Waals surface area contributed by atoms with Gasteiger partial charge >= 0.3 is 0 Å². The minimum Gasteiger partial charge on any atom is -0.481 e. The molecule has 1 aliphatic rings. The summed E-state index contributed by atoms with van der Waals surface area (Å²) >= 11 is 0. The molecule has 23 heavy (non-hydrogen) atoms. The third kappa shape index (κ3) is 3.70. The highest BCUT2D eigenvalue weighted by Crippen LogP contribution is 2.26. The molecule has 1 N–H and O–H groups in total. The second kappa shape index (κ2) is 6.81. The highest BCUT2D eigenvalue weighted by molar-refractivity contribution is 5.81. The summed E-state index contributed by atoms with van der Waals surface area (Å²) in [5.41, 5.74) is 0. The molecule has 1 aromatic carbocycles. The number of hydrogen-bond donors (Lipinski definition) is 1. The topological polar surface area (TPSA) is 71.1 Å². The average molecular weight is 314 g/mol. The predicted molar refractivity (Wildman–Crippen MR) is 86.2 cm³/mol. The minimum atomic E-state index is -0.472. The number of aryl methyl sites for hydroxylation is 1.